The van der Waals surface area contributed by atoms with Gasteiger partial charge in [0.15, 0.2) is 0 Å². The summed E-state index contributed by atoms with van der Waals surface area (Å²) in [5.41, 5.74) is 5.43. The summed E-state index contributed by atoms with van der Waals surface area (Å²) in [5, 5.41) is 8.52. The van der Waals surface area contributed by atoms with Crippen LogP contribution in [0.3, 0.4) is 0 Å². The Hall–Kier alpha value is -0.830. The van der Waals surface area contributed by atoms with E-state index in [2.05, 4.69) is 6.58 Å². The molecule has 70 valence electrons. The van der Waals surface area contributed by atoms with Gasteiger partial charge in [0.1, 0.15) is 0 Å². The maximum Gasteiger partial charge on any atom is 0.303 e. The van der Waals surface area contributed by atoms with Crippen LogP contribution in [0.2, 0.25) is 0 Å². The van der Waals surface area contributed by atoms with Crippen molar-refractivity contribution in [2.45, 2.75) is 19.8 Å². The van der Waals surface area contributed by atoms with Gasteiger partial charge in [0.05, 0.1) is 0 Å². The molecule has 0 spiro atoms. The minimum atomic E-state index is -0.776. The van der Waals surface area contributed by atoms with Crippen LogP contribution in [0.15, 0.2) is 12.7 Å². The van der Waals surface area contributed by atoms with Gasteiger partial charge in [-0.3, -0.25) is 4.79 Å². The molecular formula is C9H17NO2. The number of carbonyl (C=O) groups is 1. The van der Waals surface area contributed by atoms with Crippen molar-refractivity contribution in [3.8, 4) is 0 Å². The summed E-state index contributed by atoms with van der Waals surface area (Å²) >= 11 is 0. The van der Waals surface area contributed by atoms with Gasteiger partial charge in [0.25, 0.3) is 0 Å². The van der Waals surface area contributed by atoms with E-state index >= 15 is 0 Å². The minimum absolute atomic E-state index is 0.0792. The van der Waals surface area contributed by atoms with Gasteiger partial charge in [-0.25, -0.2) is 0 Å². The number of carboxylic acid groups (broad SMARTS) is 1. The van der Waals surface area contributed by atoms with Gasteiger partial charge >= 0.3 is 5.97 Å². The third kappa shape index (κ3) is 4.91. The molecule has 0 amide bonds. The monoisotopic (exact) mass is 171 g/mol. The van der Waals surface area contributed by atoms with Gasteiger partial charge in [0.2, 0.25) is 0 Å². The molecule has 3 nitrogen and oxygen atoms in total. The smallest absolute Gasteiger partial charge is 0.303 e. The standard InChI is InChI=1S/C9H17NO2/c1-3-7(2)4-8(6-10)5-9(11)12/h3,7-8H,1,4-6,10H2,2H3,(H,11,12). The summed E-state index contributed by atoms with van der Waals surface area (Å²) in [6, 6.07) is 0. The minimum Gasteiger partial charge on any atom is -0.481 e. The van der Waals surface area contributed by atoms with Crippen LogP contribution < -0.4 is 5.73 Å². The van der Waals surface area contributed by atoms with Crippen LogP contribution in [0.5, 0.6) is 0 Å². The fourth-order valence-corrected chi connectivity index (χ4v) is 1.13. The van der Waals surface area contributed by atoms with Gasteiger partial charge in [-0.15, -0.1) is 6.58 Å². The highest BCUT2D eigenvalue weighted by molar-refractivity contribution is 5.67. The lowest BCUT2D eigenvalue weighted by Crippen LogP contribution is -2.19. The van der Waals surface area contributed by atoms with E-state index in [0.29, 0.717) is 12.5 Å². The Bertz CT molecular complexity index is 157. The van der Waals surface area contributed by atoms with Gasteiger partial charge in [-0.05, 0) is 24.8 Å². The average Bonchev–Trinajstić information content (AvgIpc) is 2.02. The fraction of sp³-hybridized carbons (Fsp3) is 0.667. The zero-order valence-electron chi connectivity index (χ0n) is 7.49. The molecule has 0 fully saturated rings. The Balaban J connectivity index is 3.81. The van der Waals surface area contributed by atoms with Crippen LogP contribution in [0, 0.1) is 11.8 Å². The van der Waals surface area contributed by atoms with E-state index in [1.165, 1.54) is 0 Å². The third-order valence-electron chi connectivity index (χ3n) is 1.90. The van der Waals surface area contributed by atoms with Crippen molar-refractivity contribution in [2.75, 3.05) is 6.54 Å². The molecule has 3 N–H and O–H groups in total. The molecule has 0 aromatic heterocycles. The van der Waals surface area contributed by atoms with Gasteiger partial charge in [-0.1, -0.05) is 13.0 Å². The normalized spacial score (nSPS) is 15.2. The molecule has 0 aliphatic rings. The molecule has 2 atom stereocenters. The second kappa shape index (κ2) is 5.77. The summed E-state index contributed by atoms with van der Waals surface area (Å²) < 4.78 is 0. The summed E-state index contributed by atoms with van der Waals surface area (Å²) in [7, 11) is 0. The van der Waals surface area contributed by atoms with Crippen molar-refractivity contribution < 1.29 is 9.90 Å². The number of carboxylic acids is 1. The predicted octanol–water partition coefficient (Wildman–Crippen LogP) is 1.25. The van der Waals surface area contributed by atoms with Crippen molar-refractivity contribution in [3.05, 3.63) is 12.7 Å². The van der Waals surface area contributed by atoms with Crippen molar-refractivity contribution in [2.24, 2.45) is 17.6 Å². The molecule has 0 saturated carbocycles. The molecular weight excluding hydrogens is 154 g/mol. The molecule has 2 unspecified atom stereocenters. The summed E-state index contributed by atoms with van der Waals surface area (Å²) in [4.78, 5) is 10.4. The van der Waals surface area contributed by atoms with Crippen LogP contribution in [0.25, 0.3) is 0 Å². The Kier molecular flexibility index (Phi) is 5.37. The Labute approximate surface area is 73.3 Å². The molecule has 3 heteroatoms. The Morgan fingerprint density at radius 2 is 2.33 bits per heavy atom. The average molecular weight is 171 g/mol. The first-order chi connectivity index (χ1) is 5.60. The Morgan fingerprint density at radius 3 is 2.67 bits per heavy atom. The Morgan fingerprint density at radius 1 is 1.75 bits per heavy atom. The summed E-state index contributed by atoms with van der Waals surface area (Å²) in [6.45, 7) is 6.09. The van der Waals surface area contributed by atoms with Gasteiger partial charge < -0.3 is 10.8 Å². The van der Waals surface area contributed by atoms with Crippen LogP contribution in [0.4, 0.5) is 0 Å². The maximum absolute atomic E-state index is 10.4. The van der Waals surface area contributed by atoms with E-state index in [-0.39, 0.29) is 12.3 Å². The molecule has 0 radical (unpaired) electrons. The van der Waals surface area contributed by atoms with E-state index in [1.54, 1.807) is 0 Å². The number of nitrogens with two attached hydrogens (primary N) is 1. The molecule has 0 aliphatic heterocycles. The van der Waals surface area contributed by atoms with Crippen molar-refractivity contribution in [3.63, 3.8) is 0 Å². The van der Waals surface area contributed by atoms with E-state index in [1.807, 2.05) is 13.0 Å². The predicted molar refractivity (Wildman–Crippen MR) is 48.8 cm³/mol. The highest BCUT2D eigenvalue weighted by atomic mass is 16.4. The molecule has 0 aromatic carbocycles. The van der Waals surface area contributed by atoms with E-state index < -0.39 is 5.97 Å². The number of hydrogen-bond donors (Lipinski definition) is 2. The molecule has 0 bridgehead atoms. The second-order valence-corrected chi connectivity index (χ2v) is 3.15. The molecule has 0 aromatic rings. The molecule has 0 heterocycles. The quantitative estimate of drug-likeness (QED) is 0.591. The summed E-state index contributed by atoms with van der Waals surface area (Å²) in [6.07, 6.45) is 2.80. The molecule has 12 heavy (non-hydrogen) atoms. The van der Waals surface area contributed by atoms with Crippen LogP contribution in [-0.4, -0.2) is 17.6 Å². The van der Waals surface area contributed by atoms with E-state index in [9.17, 15) is 4.79 Å². The highest BCUT2D eigenvalue weighted by Crippen LogP contribution is 2.15. The second-order valence-electron chi connectivity index (χ2n) is 3.15. The summed E-state index contributed by atoms with van der Waals surface area (Å²) in [5.74, 6) is -0.352. The lowest BCUT2D eigenvalue weighted by atomic mass is 9.93. The topological polar surface area (TPSA) is 63.3 Å². The first kappa shape index (κ1) is 11.2. The van der Waals surface area contributed by atoms with Crippen LogP contribution >= 0.6 is 0 Å². The van der Waals surface area contributed by atoms with Crippen molar-refractivity contribution >= 4 is 5.97 Å². The highest BCUT2D eigenvalue weighted by Gasteiger charge is 2.13. The SMILES string of the molecule is C=CC(C)CC(CN)CC(=O)O. The number of allylic oxidation sites excluding steroid dienone is 1. The lowest BCUT2D eigenvalue weighted by Gasteiger charge is -2.14. The van der Waals surface area contributed by atoms with E-state index in [4.69, 9.17) is 10.8 Å². The molecule has 0 aliphatic carbocycles. The largest absolute Gasteiger partial charge is 0.481 e. The zero-order chi connectivity index (χ0) is 9.56. The van der Waals surface area contributed by atoms with E-state index in [0.717, 1.165) is 6.42 Å². The van der Waals surface area contributed by atoms with Crippen molar-refractivity contribution in [1.29, 1.82) is 0 Å². The first-order valence-electron chi connectivity index (χ1n) is 4.14. The van der Waals surface area contributed by atoms with Crippen LogP contribution in [-0.2, 0) is 4.79 Å². The number of rotatable bonds is 6. The number of hydrogen-bond acceptors (Lipinski definition) is 2. The lowest BCUT2D eigenvalue weighted by molar-refractivity contribution is -0.138. The van der Waals surface area contributed by atoms with Crippen molar-refractivity contribution in [1.82, 2.24) is 0 Å². The molecule has 0 saturated heterocycles. The molecule has 0 rings (SSSR count). The van der Waals surface area contributed by atoms with Gasteiger partial charge in [-0.2, -0.15) is 0 Å². The zero-order valence-corrected chi connectivity index (χ0v) is 7.49. The fourth-order valence-electron chi connectivity index (χ4n) is 1.13. The van der Waals surface area contributed by atoms with Gasteiger partial charge in [0, 0.05) is 6.42 Å². The maximum atomic E-state index is 10.4. The first-order valence-corrected chi connectivity index (χ1v) is 4.14. The van der Waals surface area contributed by atoms with Crippen LogP contribution in [0.1, 0.15) is 19.8 Å². The third-order valence-corrected chi connectivity index (χ3v) is 1.90. The number of aliphatic carboxylic acids is 1.